The number of carboxylic acid groups (broad SMARTS) is 2. The number of hydrogen-bond donors (Lipinski definition) is 5. The molecule has 0 saturated heterocycles. The number of benzene rings is 1. The summed E-state index contributed by atoms with van der Waals surface area (Å²) in [4.78, 5) is 32.2. The average molecular weight is 463 g/mol. The maximum atomic E-state index is 11.5. The molecule has 0 aliphatic heterocycles. The minimum atomic E-state index is -4.85. The van der Waals surface area contributed by atoms with Gasteiger partial charge in [0, 0.05) is 0 Å². The molecule has 0 amide bonds. The van der Waals surface area contributed by atoms with Gasteiger partial charge >= 0.3 is 11.9 Å². The van der Waals surface area contributed by atoms with Crippen molar-refractivity contribution in [3.63, 3.8) is 0 Å². The number of hydrogen-bond acceptors (Lipinski definition) is 11. The van der Waals surface area contributed by atoms with Crippen molar-refractivity contribution in [2.75, 3.05) is 23.3 Å². The van der Waals surface area contributed by atoms with Gasteiger partial charge in [0.25, 0.3) is 20.2 Å². The molecule has 0 aliphatic rings. The fourth-order valence-electron chi connectivity index (χ4n) is 2.14. The van der Waals surface area contributed by atoms with Gasteiger partial charge < -0.3 is 20.4 Å². The van der Waals surface area contributed by atoms with Gasteiger partial charge in [-0.25, -0.2) is 9.97 Å². The summed E-state index contributed by atoms with van der Waals surface area (Å²) in [6.07, 6.45) is 0.848. The first kappa shape index (κ1) is 22.9. The van der Waals surface area contributed by atoms with Gasteiger partial charge in [0.15, 0.2) is 0 Å². The zero-order valence-corrected chi connectivity index (χ0v) is 16.2. The van der Waals surface area contributed by atoms with E-state index in [-0.39, 0.29) is 0 Å². The number of aliphatic carboxylic acids is 2. The number of carbonyl (C=O) groups is 2. The number of nitrogens with zero attached hydrogens (tertiary/aromatic N) is 4. The second kappa shape index (κ2) is 8.53. The van der Waals surface area contributed by atoms with Gasteiger partial charge in [-0.1, -0.05) is 0 Å². The maximum absolute atomic E-state index is 11.5. The van der Waals surface area contributed by atoms with Gasteiger partial charge in [0.05, 0.1) is 10.6 Å². The molecule has 1 aromatic heterocycles. The van der Waals surface area contributed by atoms with E-state index in [1.54, 1.807) is 0 Å². The van der Waals surface area contributed by atoms with Crippen molar-refractivity contribution in [2.24, 2.45) is 0 Å². The maximum Gasteiger partial charge on any atom is 0.323 e. The smallest absolute Gasteiger partial charge is 0.323 e. The lowest BCUT2D eigenvalue weighted by Gasteiger charge is -2.18. The first-order valence-electron chi connectivity index (χ1n) is 7.51. The summed E-state index contributed by atoms with van der Waals surface area (Å²) < 4.78 is 64.1. The van der Waals surface area contributed by atoms with E-state index < -0.39 is 72.6 Å². The van der Waals surface area contributed by atoms with E-state index in [0.717, 1.165) is 17.3 Å². The second-order valence-electron chi connectivity index (χ2n) is 5.49. The third-order valence-electron chi connectivity index (χ3n) is 3.27. The van der Waals surface area contributed by atoms with Crippen LogP contribution in [0.25, 0.3) is 0 Å². The van der Waals surface area contributed by atoms with Crippen LogP contribution in [0.3, 0.4) is 0 Å². The van der Waals surface area contributed by atoms with E-state index in [4.69, 9.17) is 14.8 Å². The molecule has 0 aliphatic carbocycles. The highest BCUT2D eigenvalue weighted by Crippen LogP contribution is 2.27. The number of anilines is 3. The van der Waals surface area contributed by atoms with Crippen LogP contribution in [-0.4, -0.2) is 76.1 Å². The molecule has 0 fully saturated rings. The van der Waals surface area contributed by atoms with Crippen LogP contribution in [0.4, 0.5) is 17.6 Å². The zero-order chi connectivity index (χ0) is 22.7. The van der Waals surface area contributed by atoms with Crippen LogP contribution in [-0.2, 0) is 29.8 Å². The van der Waals surface area contributed by atoms with Crippen molar-refractivity contribution in [2.45, 2.75) is 9.79 Å². The van der Waals surface area contributed by atoms with Crippen LogP contribution in [0, 0.1) is 0 Å². The highest BCUT2D eigenvalue weighted by Gasteiger charge is 2.22. The molecule has 2 rings (SSSR count). The Kier molecular flexibility index (Phi) is 6.50. The summed E-state index contributed by atoms with van der Waals surface area (Å²) in [6, 6.07) is 2.10. The molecule has 1 aromatic carbocycles. The van der Waals surface area contributed by atoms with E-state index in [2.05, 4.69) is 20.3 Å². The van der Waals surface area contributed by atoms with E-state index in [0.29, 0.717) is 12.1 Å². The van der Waals surface area contributed by atoms with E-state index in [1.807, 2.05) is 0 Å². The third kappa shape index (κ3) is 6.04. The highest BCUT2D eigenvalue weighted by atomic mass is 32.2. The molecule has 5 N–H and O–H groups in total. The van der Waals surface area contributed by atoms with Crippen molar-refractivity contribution >= 4 is 49.8 Å². The molecule has 0 bridgehead atoms. The molecule has 0 atom stereocenters. The molecule has 162 valence electrons. The molecular weight excluding hydrogens is 450 g/mol. The summed E-state index contributed by atoms with van der Waals surface area (Å²) in [5.74, 6) is -3.63. The summed E-state index contributed by atoms with van der Waals surface area (Å²) in [5.41, 5.74) is -0.548. The summed E-state index contributed by atoms with van der Waals surface area (Å²) in [5, 5.41) is 20.1. The van der Waals surface area contributed by atoms with Gasteiger partial charge in [-0.05, 0) is 18.2 Å². The Morgan fingerprint density at radius 3 is 2.07 bits per heavy atom. The Morgan fingerprint density at radius 1 is 0.967 bits per heavy atom. The number of rotatable bonds is 9. The quantitative estimate of drug-likeness (QED) is 0.283. The van der Waals surface area contributed by atoms with Crippen molar-refractivity contribution < 1.29 is 45.7 Å². The zero-order valence-electron chi connectivity index (χ0n) is 14.6. The number of aromatic nitrogens is 3. The molecule has 30 heavy (non-hydrogen) atoms. The molecule has 0 spiro atoms. The lowest BCUT2D eigenvalue weighted by atomic mass is 10.3. The SMILES string of the molecule is O=C(O)CN(CC(=O)O)c1ncnc(Nc2cc(S(=O)(=O)O)ccc2S(=O)(=O)O)n1. The first-order valence-corrected chi connectivity index (χ1v) is 10.4. The predicted octanol–water partition coefficient (Wildman–Crippen LogP) is -0.916. The Hall–Kier alpha value is -3.41. The summed E-state index contributed by atoms with van der Waals surface area (Å²) in [6.45, 7) is -1.57. The Bertz CT molecular complexity index is 1180. The van der Waals surface area contributed by atoms with Crippen LogP contribution < -0.4 is 10.2 Å². The fourth-order valence-corrected chi connectivity index (χ4v) is 3.27. The Morgan fingerprint density at radius 2 is 1.57 bits per heavy atom. The van der Waals surface area contributed by atoms with Crippen LogP contribution in [0.5, 0.6) is 0 Å². The monoisotopic (exact) mass is 463 g/mol. The molecule has 2 aromatic rings. The van der Waals surface area contributed by atoms with Crippen molar-refractivity contribution in [3.05, 3.63) is 24.5 Å². The van der Waals surface area contributed by atoms with E-state index in [1.165, 1.54) is 0 Å². The van der Waals surface area contributed by atoms with E-state index >= 15 is 0 Å². The molecule has 1 heterocycles. The van der Waals surface area contributed by atoms with Crippen molar-refractivity contribution in [3.8, 4) is 0 Å². The average Bonchev–Trinajstić information content (AvgIpc) is 2.59. The van der Waals surface area contributed by atoms with Crippen LogP contribution in [0.15, 0.2) is 34.3 Å². The standard InChI is InChI=1S/C13H13N5O10S2/c19-10(20)4-18(5-11(21)22)13-15-6-14-12(17-13)16-8-3-7(29(23,24)25)1-2-9(8)30(26,27)28/h1-3,6H,4-5H2,(H,19,20)(H,21,22)(H,23,24,25)(H,26,27,28)(H,14,15,16,17). The minimum Gasteiger partial charge on any atom is -0.480 e. The number of nitrogens with one attached hydrogen (secondary N) is 1. The normalized spacial score (nSPS) is 11.7. The third-order valence-corrected chi connectivity index (χ3v) is 5.03. The van der Waals surface area contributed by atoms with Crippen LogP contribution >= 0.6 is 0 Å². The van der Waals surface area contributed by atoms with Gasteiger partial charge in [-0.15, -0.1) is 0 Å². The Labute approximate surface area is 168 Å². The molecule has 0 saturated carbocycles. The topological polar surface area (TPSA) is 237 Å². The first-order chi connectivity index (χ1) is 13.8. The largest absolute Gasteiger partial charge is 0.480 e. The minimum absolute atomic E-state index is 0.406. The molecule has 15 nitrogen and oxygen atoms in total. The molecule has 17 heteroatoms. The lowest BCUT2D eigenvalue weighted by Crippen LogP contribution is -2.35. The summed E-state index contributed by atoms with van der Waals surface area (Å²) in [7, 11) is -9.59. The van der Waals surface area contributed by atoms with Crippen molar-refractivity contribution in [1.82, 2.24) is 15.0 Å². The molecular formula is C13H13N5O10S2. The van der Waals surface area contributed by atoms with Crippen LogP contribution in [0.2, 0.25) is 0 Å². The van der Waals surface area contributed by atoms with Crippen molar-refractivity contribution in [1.29, 1.82) is 0 Å². The van der Waals surface area contributed by atoms with Gasteiger partial charge in [0.1, 0.15) is 24.3 Å². The fraction of sp³-hybridized carbons (Fsp3) is 0.154. The van der Waals surface area contributed by atoms with Gasteiger partial charge in [-0.2, -0.15) is 21.8 Å². The van der Waals surface area contributed by atoms with Gasteiger partial charge in [0.2, 0.25) is 11.9 Å². The Balaban J connectivity index is 2.51. The second-order valence-corrected chi connectivity index (χ2v) is 8.30. The van der Waals surface area contributed by atoms with E-state index in [9.17, 15) is 31.0 Å². The lowest BCUT2D eigenvalue weighted by molar-refractivity contribution is -0.136. The predicted molar refractivity (Wildman–Crippen MR) is 96.7 cm³/mol. The summed E-state index contributed by atoms with van der Waals surface area (Å²) >= 11 is 0. The highest BCUT2D eigenvalue weighted by molar-refractivity contribution is 7.86. The molecule has 0 radical (unpaired) electrons. The van der Waals surface area contributed by atoms with Gasteiger partial charge in [-0.3, -0.25) is 18.7 Å². The van der Waals surface area contributed by atoms with Crippen LogP contribution in [0.1, 0.15) is 0 Å². The number of carboxylic acids is 2. The molecule has 0 unspecified atom stereocenters.